The van der Waals surface area contributed by atoms with Crippen LogP contribution >= 0.6 is 0 Å². The maximum atomic E-state index is 11.9. The van der Waals surface area contributed by atoms with E-state index in [2.05, 4.69) is 57.6 Å². The second-order valence-corrected chi connectivity index (χ2v) is 8.61. The molecule has 0 aliphatic rings. The number of aromatic nitrogens is 5. The quantitative estimate of drug-likeness (QED) is 0.140. The van der Waals surface area contributed by atoms with Gasteiger partial charge in [0.2, 0.25) is 5.82 Å². The third-order valence-electron chi connectivity index (χ3n) is 5.40. The molecular formula is C28H35F3N8O. The Morgan fingerprint density at radius 3 is 2.50 bits per heavy atom. The van der Waals surface area contributed by atoms with Gasteiger partial charge in [0, 0.05) is 30.2 Å². The minimum atomic E-state index is -4.28. The van der Waals surface area contributed by atoms with Gasteiger partial charge in [-0.1, -0.05) is 61.2 Å². The summed E-state index contributed by atoms with van der Waals surface area (Å²) in [6, 6.07) is 2.35. The molecule has 3 rings (SSSR count). The molecule has 3 heterocycles. The largest absolute Gasteiger partial charge is 0.417 e. The Balaban J connectivity index is 0.000000425. The van der Waals surface area contributed by atoms with Gasteiger partial charge in [0.1, 0.15) is 0 Å². The van der Waals surface area contributed by atoms with Crippen LogP contribution in [0.1, 0.15) is 50.0 Å². The van der Waals surface area contributed by atoms with Crippen LogP contribution in [-0.2, 0) is 19.1 Å². The topological polar surface area (TPSA) is 97.6 Å². The maximum absolute atomic E-state index is 11.9. The molecule has 12 heteroatoms. The van der Waals surface area contributed by atoms with E-state index in [0.717, 1.165) is 54.1 Å². The lowest BCUT2D eigenvalue weighted by molar-refractivity contribution is -0.137. The van der Waals surface area contributed by atoms with Crippen LogP contribution in [0.2, 0.25) is 0 Å². The molecule has 0 aliphatic carbocycles. The van der Waals surface area contributed by atoms with Crippen LogP contribution in [0.4, 0.5) is 13.2 Å². The Morgan fingerprint density at radius 1 is 1.20 bits per heavy atom. The summed E-state index contributed by atoms with van der Waals surface area (Å²) >= 11 is 0. The van der Waals surface area contributed by atoms with E-state index in [1.807, 2.05) is 23.8 Å². The minimum Gasteiger partial charge on any atom is -0.333 e. The number of aryl methyl sites for hydroxylation is 2. The Hall–Kier alpha value is -4.35. The predicted molar refractivity (Wildman–Crippen MR) is 149 cm³/mol. The molecule has 3 aromatic heterocycles. The second-order valence-electron chi connectivity index (χ2n) is 8.61. The summed E-state index contributed by atoms with van der Waals surface area (Å²) in [5, 5.41) is 18.0. The summed E-state index contributed by atoms with van der Waals surface area (Å²) in [4.78, 5) is 8.13. The molecule has 3 aromatic rings. The number of allylic oxidation sites excluding steroid dienone is 4. The number of pyridine rings is 1. The van der Waals surface area contributed by atoms with Crippen LogP contribution in [0.25, 0.3) is 17.0 Å². The third kappa shape index (κ3) is 9.14. The lowest BCUT2D eigenvalue weighted by Crippen LogP contribution is -2.11. The number of nitrogens with zero attached hydrogens (tertiary/aromatic N) is 8. The van der Waals surface area contributed by atoms with Crippen molar-refractivity contribution in [1.82, 2.24) is 29.9 Å². The fourth-order valence-corrected chi connectivity index (χ4v) is 3.58. The number of halogens is 3. The van der Waals surface area contributed by atoms with Crippen molar-refractivity contribution in [2.45, 2.75) is 53.3 Å². The van der Waals surface area contributed by atoms with E-state index in [1.54, 1.807) is 37.5 Å². The van der Waals surface area contributed by atoms with Gasteiger partial charge in [-0.15, -0.1) is 0 Å². The van der Waals surface area contributed by atoms with Gasteiger partial charge in [-0.3, -0.25) is 14.7 Å². The van der Waals surface area contributed by atoms with Crippen LogP contribution in [0, 0.1) is 6.92 Å². The monoisotopic (exact) mass is 556 g/mol. The number of hydrogen-bond acceptors (Lipinski definition) is 7. The fraction of sp³-hybridized carbons (Fsp3) is 0.357. The summed E-state index contributed by atoms with van der Waals surface area (Å²) in [5.41, 5.74) is 3.67. The van der Waals surface area contributed by atoms with E-state index < -0.39 is 11.7 Å². The normalized spacial score (nSPS) is 12.3. The van der Waals surface area contributed by atoms with Crippen molar-refractivity contribution in [3.05, 3.63) is 90.5 Å². The first-order chi connectivity index (χ1) is 19.1. The van der Waals surface area contributed by atoms with Crippen LogP contribution in [-0.4, -0.2) is 43.5 Å². The molecule has 0 saturated carbocycles. The molecule has 0 aromatic carbocycles. The summed E-state index contributed by atoms with van der Waals surface area (Å²) < 4.78 is 43.2. The Morgan fingerprint density at radius 2 is 1.95 bits per heavy atom. The highest BCUT2D eigenvalue weighted by Crippen LogP contribution is 2.28. The Bertz CT molecular complexity index is 1330. The molecular weight excluding hydrogens is 521 g/mol. The van der Waals surface area contributed by atoms with Gasteiger partial charge in [0.05, 0.1) is 36.6 Å². The molecule has 9 nitrogen and oxygen atoms in total. The zero-order chi connectivity index (χ0) is 29.7. The van der Waals surface area contributed by atoms with E-state index in [0.29, 0.717) is 24.0 Å². The van der Waals surface area contributed by atoms with Crippen molar-refractivity contribution >= 4 is 5.57 Å². The van der Waals surface area contributed by atoms with E-state index >= 15 is 0 Å². The van der Waals surface area contributed by atoms with Gasteiger partial charge >= 0.3 is 6.18 Å². The zero-order valence-electron chi connectivity index (χ0n) is 23.5. The molecule has 0 spiro atoms. The first-order valence-corrected chi connectivity index (χ1v) is 12.7. The molecule has 214 valence electrons. The molecule has 0 bridgehead atoms. The third-order valence-corrected chi connectivity index (χ3v) is 5.40. The molecule has 40 heavy (non-hydrogen) atoms. The molecule has 0 atom stereocenters. The van der Waals surface area contributed by atoms with Gasteiger partial charge in [0.15, 0.2) is 0 Å². The Kier molecular flexibility index (Phi) is 12.2. The standard InChI is InChI=1S/C21H29N7O.C7H6F3N/c1-7-11-17(13-16(5)15-27(10-4)26-22-6)20-24-21(29-25-20)18-14-23-28(12-8-2)19(18)9-3;1-5-2-3-6(4-11-5)7(8,9)10/h7,10-11,13-14H,1,4,8-9,12,15H2,2-3,5-6H3;2-4H,1H3/b16-13+,17-11+,26-22?;. The zero-order valence-corrected chi connectivity index (χ0v) is 23.5. The molecule has 0 fully saturated rings. The smallest absolute Gasteiger partial charge is 0.333 e. The maximum Gasteiger partial charge on any atom is 0.417 e. The van der Waals surface area contributed by atoms with Crippen LogP contribution in [0.5, 0.6) is 0 Å². The van der Waals surface area contributed by atoms with Crippen molar-refractivity contribution in [1.29, 1.82) is 0 Å². The summed E-state index contributed by atoms with van der Waals surface area (Å²) in [7, 11) is 1.62. The molecule has 0 radical (unpaired) electrons. The molecule has 0 aliphatic heterocycles. The average Bonchev–Trinajstić information content (AvgIpc) is 3.55. The highest BCUT2D eigenvalue weighted by Gasteiger charge is 2.30. The van der Waals surface area contributed by atoms with E-state index in [4.69, 9.17) is 4.52 Å². The van der Waals surface area contributed by atoms with Crippen molar-refractivity contribution in [2.24, 2.45) is 10.3 Å². The first-order valence-electron chi connectivity index (χ1n) is 12.7. The minimum absolute atomic E-state index is 0.465. The van der Waals surface area contributed by atoms with E-state index in [9.17, 15) is 13.2 Å². The van der Waals surface area contributed by atoms with Gasteiger partial charge < -0.3 is 4.52 Å². The highest BCUT2D eigenvalue weighted by molar-refractivity contribution is 5.72. The van der Waals surface area contributed by atoms with Gasteiger partial charge in [0.25, 0.3) is 5.89 Å². The summed E-state index contributed by atoms with van der Waals surface area (Å²) in [5.74, 6) is 0.958. The van der Waals surface area contributed by atoms with E-state index in [-0.39, 0.29) is 0 Å². The second kappa shape index (κ2) is 15.3. The van der Waals surface area contributed by atoms with Gasteiger partial charge in [-0.2, -0.15) is 28.4 Å². The lowest BCUT2D eigenvalue weighted by Gasteiger charge is -2.12. The fourth-order valence-electron chi connectivity index (χ4n) is 3.58. The number of hydrogen-bond donors (Lipinski definition) is 0. The molecule has 0 unspecified atom stereocenters. The summed E-state index contributed by atoms with van der Waals surface area (Å²) in [6.45, 7) is 16.8. The molecule has 0 amide bonds. The molecule has 0 saturated heterocycles. The van der Waals surface area contributed by atoms with Crippen LogP contribution in [0.15, 0.2) is 82.5 Å². The van der Waals surface area contributed by atoms with Gasteiger partial charge in [-0.25, -0.2) is 0 Å². The van der Waals surface area contributed by atoms with Crippen molar-refractivity contribution < 1.29 is 17.7 Å². The lowest BCUT2D eigenvalue weighted by atomic mass is 10.1. The highest BCUT2D eigenvalue weighted by atomic mass is 19.4. The summed E-state index contributed by atoms with van der Waals surface area (Å²) in [6.07, 6.45) is 7.33. The van der Waals surface area contributed by atoms with Crippen molar-refractivity contribution in [3.63, 3.8) is 0 Å². The number of rotatable bonds is 11. The molecule has 0 N–H and O–H groups in total. The average molecular weight is 557 g/mol. The first kappa shape index (κ1) is 31.9. The van der Waals surface area contributed by atoms with Crippen LogP contribution in [0.3, 0.4) is 0 Å². The van der Waals surface area contributed by atoms with Crippen LogP contribution < -0.4 is 0 Å². The van der Waals surface area contributed by atoms with Crippen molar-refractivity contribution in [3.8, 4) is 11.5 Å². The number of alkyl halides is 3. The Labute approximate surface area is 232 Å². The predicted octanol–water partition coefficient (Wildman–Crippen LogP) is 7.27. The van der Waals surface area contributed by atoms with Gasteiger partial charge in [-0.05, 0) is 38.8 Å². The van der Waals surface area contributed by atoms with E-state index in [1.165, 1.54) is 6.07 Å². The SMILES string of the molecule is C=C/C=C(\C=C(/C)CN(C=C)N=NC)c1noc(-c2cnn(CCC)c2CC)n1.Cc1ccc(C(F)(F)F)cn1. The van der Waals surface area contributed by atoms with Crippen molar-refractivity contribution in [2.75, 3.05) is 13.6 Å².